The number of carbonyl (C=O) groups is 18. The van der Waals surface area contributed by atoms with Crippen molar-refractivity contribution in [1.29, 1.82) is 0 Å². The van der Waals surface area contributed by atoms with Crippen LogP contribution in [0.1, 0.15) is 243 Å². The second-order valence-electron chi connectivity index (χ2n) is 40.5. The van der Waals surface area contributed by atoms with Crippen molar-refractivity contribution < 1.29 is 96.5 Å². The smallest absolute Gasteiger partial charge is 0.243 e. The summed E-state index contributed by atoms with van der Waals surface area (Å²) < 4.78 is 0. The van der Waals surface area contributed by atoms with Crippen molar-refractivity contribution in [3.63, 3.8) is 0 Å². The number of aromatic nitrogens is 1. The third kappa shape index (κ3) is 45.5. The summed E-state index contributed by atoms with van der Waals surface area (Å²) in [6.45, 7) is 24.2. The first-order valence-electron chi connectivity index (χ1n) is 51.7. The second kappa shape index (κ2) is 65.2. The molecule has 1 aromatic heterocycles. The van der Waals surface area contributed by atoms with Crippen LogP contribution in [0, 0.1) is 11.8 Å². The number of aromatic hydroxyl groups is 1. The number of fused-ring (bicyclic) bond motifs is 1. The number of benzene rings is 3. The number of phenols is 1. The molecular formula is C107H167N19O20. The van der Waals surface area contributed by atoms with Crippen LogP contribution in [0.5, 0.6) is 5.75 Å². The van der Waals surface area contributed by atoms with Crippen LogP contribution in [-0.4, -0.2) is 300 Å². The third-order valence-electron chi connectivity index (χ3n) is 26.5. The standard InChI is InChI=1S/C107H167N19O20/c1-18-87(129)67(6)109-49-43-88(130)68(7)110-50-44-89(131)69(8)111-51-45-90(132)70(9)112-52-46-91(133)71(10)114-62-96(138)106(14)47-31-24-22-20-19-21-23-25-32-48-107(15,125-124-83(55-75-33-27-26-28-34-75)101(142)102(143)100(74(13)127)120-104(145)85(53-65(2)3)118-99(141)64-126(16)17)97(139)63-115-73(12)94(136)60-117-84(56-76-37-39-78(128)40-38-76)103(144)119-82(57-77-59-116-80-36-30-29-35-79(77)80)93(135)58-92(134)72(11)113-61-95(137)81(41-42-98(108)140)122-123-86(54-66(4)5)105(146)121-106/h20,22,26-30,33-40,59,65-74,81-86,100,109-117,122-125,127-128H,18-19,21,23-25,31-32,41-58,60-64H2,1-17H3,(H2,108,140)(H,118,141)(H,119,144)(H,120,145)(H,121,146)/b22-20+/t67-,68-,69-,70-,71-,72-,73-,74+,81-,82-,83-,84-,85-,86-,100-,106-,107+/m0/s1. The lowest BCUT2D eigenvalue weighted by atomic mass is 9.88. The van der Waals surface area contributed by atoms with E-state index in [0.717, 1.165) is 5.39 Å². The SMILES string of the molecule is CCC(=O)[C@H](C)NCCC(=O)[C@H](C)NCCC(=O)[C@H](C)NCCC(=O)[C@H](C)NCCC(=O)[C@H](C)NCC(=O)[C@]1(C)CCC/C=C/CCCCCC[C@@](C)(NN[C@@H](Cc2ccccc2)C(=O)C(=O)[C@@H](NC(=O)[C@H](CC(C)C)NC(=O)CN(C)C)[C@@H](C)O)C(=O)CN[C@@H](C)C(=O)CN[C@@H](Cc2ccc(O)cc2)C(=O)N[C@@H](Cc2c[nH]c3ccccc23)C(=O)CC(=O)[C@H](C)NCC(=O)[C@H](CCC(N)=O)NN[C@@H](CC(C)C)C(=O)N1. The van der Waals surface area contributed by atoms with E-state index in [1.165, 1.54) is 32.9 Å². The number of amides is 5. The van der Waals surface area contributed by atoms with E-state index in [4.69, 9.17) is 5.73 Å². The Morgan fingerprint density at radius 3 is 1.64 bits per heavy atom. The molecule has 2 heterocycles. The molecular weight excluding hydrogens is 1870 g/mol. The molecule has 0 fully saturated rings. The summed E-state index contributed by atoms with van der Waals surface area (Å²) in [5.74, 6) is -10.0. The summed E-state index contributed by atoms with van der Waals surface area (Å²) in [5, 5.41) is 57.8. The van der Waals surface area contributed by atoms with Crippen LogP contribution < -0.4 is 91.2 Å². The molecule has 0 spiro atoms. The maximum absolute atomic E-state index is 15.2. The fraction of sp³-hybridized carbons (Fsp3) is 0.626. The van der Waals surface area contributed by atoms with Crippen molar-refractivity contribution in [1.82, 2.24) is 95.4 Å². The van der Waals surface area contributed by atoms with Gasteiger partial charge in [0.05, 0.1) is 123 Å². The van der Waals surface area contributed by atoms with Gasteiger partial charge in [-0.25, -0.2) is 21.7 Å². The Kier molecular flexibility index (Phi) is 56.1. The number of aromatic amines is 1. The zero-order valence-corrected chi connectivity index (χ0v) is 88.7. The summed E-state index contributed by atoms with van der Waals surface area (Å²) in [7, 11) is 3.36. The van der Waals surface area contributed by atoms with Crippen molar-refractivity contribution in [3.8, 4) is 5.75 Å². The number of aliphatic hydroxyl groups excluding tert-OH is 1. The number of para-hydroxylation sites is 1. The van der Waals surface area contributed by atoms with E-state index in [2.05, 4.69) is 90.5 Å². The molecule has 5 rings (SSSR count). The lowest BCUT2D eigenvalue weighted by Gasteiger charge is -2.33. The summed E-state index contributed by atoms with van der Waals surface area (Å²) >= 11 is 0. The van der Waals surface area contributed by atoms with E-state index in [1.54, 1.807) is 129 Å². The lowest BCUT2D eigenvalue weighted by molar-refractivity contribution is -0.142. The van der Waals surface area contributed by atoms with E-state index < -0.39 is 198 Å². The zero-order valence-electron chi connectivity index (χ0n) is 88.7. The normalized spacial score (nSPS) is 22.0. The van der Waals surface area contributed by atoms with Gasteiger partial charge in [-0.15, -0.1) is 0 Å². The molecule has 39 heteroatoms. The van der Waals surface area contributed by atoms with E-state index >= 15 is 9.59 Å². The molecule has 21 N–H and O–H groups in total. The molecule has 0 saturated carbocycles. The largest absolute Gasteiger partial charge is 0.508 e. The summed E-state index contributed by atoms with van der Waals surface area (Å²) in [5.41, 5.74) is 17.0. The van der Waals surface area contributed by atoms with Gasteiger partial charge >= 0.3 is 0 Å². The number of primary amides is 1. The summed E-state index contributed by atoms with van der Waals surface area (Å²) in [6.07, 6.45) is 7.59. The maximum Gasteiger partial charge on any atom is 0.243 e. The van der Waals surface area contributed by atoms with Crippen molar-refractivity contribution in [3.05, 3.63) is 114 Å². The molecule has 17 atom stereocenters. The predicted octanol–water partition coefficient (Wildman–Crippen LogP) is 3.23. The number of hydrazine groups is 2. The van der Waals surface area contributed by atoms with Gasteiger partial charge in [-0.3, -0.25) is 91.6 Å². The Hall–Kier alpha value is -10.8. The number of nitrogens with two attached hydrogens (primary N) is 1. The molecule has 0 saturated heterocycles. The Morgan fingerprint density at radius 1 is 0.527 bits per heavy atom. The number of aliphatic hydroxyl groups is 1. The second-order valence-corrected chi connectivity index (χ2v) is 40.5. The first-order valence-corrected chi connectivity index (χ1v) is 51.7. The molecule has 1 aliphatic rings. The molecule has 0 aliphatic carbocycles. The van der Waals surface area contributed by atoms with Gasteiger partial charge in [0.15, 0.2) is 57.8 Å². The van der Waals surface area contributed by atoms with E-state index in [9.17, 15) is 86.9 Å². The van der Waals surface area contributed by atoms with Crippen LogP contribution in [0.15, 0.2) is 97.2 Å². The number of rotatable bonds is 51. The maximum atomic E-state index is 15.2. The van der Waals surface area contributed by atoms with Crippen LogP contribution in [0.25, 0.3) is 10.9 Å². The van der Waals surface area contributed by atoms with Gasteiger partial charge < -0.3 is 84.3 Å². The monoisotopic (exact) mass is 2040 g/mol. The number of ketones is 13. The van der Waals surface area contributed by atoms with Crippen molar-refractivity contribution in [2.24, 2.45) is 17.6 Å². The average molecular weight is 2040 g/mol. The Balaban J connectivity index is 1.44. The van der Waals surface area contributed by atoms with E-state index in [1.807, 2.05) is 58.0 Å². The molecule has 39 nitrogen and oxygen atoms in total. The highest BCUT2D eigenvalue weighted by Crippen LogP contribution is 2.25. The highest BCUT2D eigenvalue weighted by atomic mass is 16.3. The van der Waals surface area contributed by atoms with E-state index in [-0.39, 0.29) is 169 Å². The molecule has 5 amide bonds. The first-order chi connectivity index (χ1) is 69.0. The highest BCUT2D eigenvalue weighted by molar-refractivity contribution is 6.41. The average Bonchev–Trinajstić information content (AvgIpc) is 1.70. The number of allylic oxidation sites excluding steroid dienone is 2. The Bertz CT molecular complexity index is 4970. The number of hydrogen-bond donors (Lipinski definition) is 20. The fourth-order valence-corrected chi connectivity index (χ4v) is 16.7. The number of nitrogens with zero attached hydrogens (tertiary/aromatic N) is 1. The van der Waals surface area contributed by atoms with Crippen molar-refractivity contribution >= 4 is 116 Å². The molecule has 4 aromatic rings. The predicted molar refractivity (Wildman–Crippen MR) is 559 cm³/mol. The van der Waals surface area contributed by atoms with Crippen LogP contribution in [0.2, 0.25) is 0 Å². The number of likely N-dealkylation sites (N-methyl/N-ethyl adjacent to an activating group) is 1. The molecule has 3 aromatic carbocycles. The van der Waals surface area contributed by atoms with Crippen LogP contribution in [-0.2, 0) is 106 Å². The Labute approximate surface area is 860 Å². The summed E-state index contributed by atoms with van der Waals surface area (Å²) in [6, 6.07) is 7.35. The minimum atomic E-state index is -1.78. The number of nitrogens with one attached hydrogen (secondary N) is 17. The quantitative estimate of drug-likeness (QED) is 0.0131. The molecule has 0 unspecified atom stereocenters. The van der Waals surface area contributed by atoms with Crippen LogP contribution >= 0.6 is 0 Å². The fourth-order valence-electron chi connectivity index (χ4n) is 16.7. The zero-order chi connectivity index (χ0) is 109. The van der Waals surface area contributed by atoms with E-state index in [0.29, 0.717) is 80.1 Å². The minimum Gasteiger partial charge on any atom is -0.508 e. The number of carbonyl (C=O) groups excluding carboxylic acids is 18. The third-order valence-corrected chi connectivity index (χ3v) is 26.5. The molecule has 0 radical (unpaired) electrons. The van der Waals surface area contributed by atoms with Crippen molar-refractivity contribution in [2.75, 3.05) is 73.0 Å². The minimum absolute atomic E-state index is 0.0295. The molecule has 0 bridgehead atoms. The van der Waals surface area contributed by atoms with Gasteiger partial charge in [0.2, 0.25) is 41.1 Å². The van der Waals surface area contributed by atoms with Crippen molar-refractivity contribution in [2.45, 2.75) is 347 Å². The van der Waals surface area contributed by atoms with Crippen LogP contribution in [0.4, 0.5) is 0 Å². The highest BCUT2D eigenvalue weighted by Gasteiger charge is 2.42. The van der Waals surface area contributed by atoms with Gasteiger partial charge in [0, 0.05) is 88.2 Å². The topological polar surface area (TPSA) is 585 Å². The lowest BCUT2D eigenvalue weighted by Crippen LogP contribution is -2.64. The number of H-pyrrole nitrogens is 1. The number of Topliss-reactive ketones (excluding diaryl/α,β-unsaturated/α-hetero) is 13. The Morgan fingerprint density at radius 2 is 1.07 bits per heavy atom. The van der Waals surface area contributed by atoms with Gasteiger partial charge in [0.1, 0.15) is 29.7 Å². The number of hydrogen-bond acceptors (Lipinski definition) is 33. The molecule has 810 valence electrons. The molecule has 146 heavy (non-hydrogen) atoms. The van der Waals surface area contributed by atoms with Gasteiger partial charge in [-0.05, 0) is 201 Å². The van der Waals surface area contributed by atoms with Crippen LogP contribution in [0.3, 0.4) is 0 Å². The van der Waals surface area contributed by atoms with Gasteiger partial charge in [-0.1, -0.05) is 127 Å². The van der Waals surface area contributed by atoms with Gasteiger partial charge in [0.25, 0.3) is 0 Å². The molecule has 1 aliphatic heterocycles. The van der Waals surface area contributed by atoms with Gasteiger partial charge in [-0.2, -0.15) is 0 Å². The summed E-state index contributed by atoms with van der Waals surface area (Å²) in [4.78, 5) is 257. The number of phenolic OH excluding ortho intramolecular Hbond substituents is 1. The first kappa shape index (κ1) is 126.